The molecule has 3 nitrogen and oxygen atoms in total. The molecule has 0 aliphatic heterocycles. The number of hydrogen-bond donors (Lipinski definition) is 1. The van der Waals surface area contributed by atoms with E-state index in [2.05, 4.69) is 6.08 Å². The number of amides is 1. The van der Waals surface area contributed by atoms with Crippen LogP contribution in [0.25, 0.3) is 0 Å². The predicted molar refractivity (Wildman–Crippen MR) is 76.3 cm³/mol. The number of nitrogen functional groups attached to an aromatic ring is 1. The first-order chi connectivity index (χ1) is 8.68. The summed E-state index contributed by atoms with van der Waals surface area (Å²) in [6.07, 6.45) is 5.41. The lowest BCUT2D eigenvalue weighted by Crippen LogP contribution is -2.27. The quantitative estimate of drug-likeness (QED) is 0.670. The fourth-order valence-corrected chi connectivity index (χ4v) is 2.85. The van der Waals surface area contributed by atoms with E-state index >= 15 is 0 Å². The van der Waals surface area contributed by atoms with Crippen LogP contribution in [0.1, 0.15) is 19.3 Å². The zero-order chi connectivity index (χ0) is 13.0. The third-order valence-corrected chi connectivity index (χ3v) is 4.17. The van der Waals surface area contributed by atoms with Crippen LogP contribution in [-0.2, 0) is 4.79 Å². The molecule has 0 unspecified atom stereocenters. The average molecular weight is 262 g/mol. The lowest BCUT2D eigenvalue weighted by molar-refractivity contribution is -0.125. The van der Waals surface area contributed by atoms with E-state index in [0.29, 0.717) is 5.75 Å². The molecule has 0 saturated heterocycles. The third-order valence-electron chi connectivity index (χ3n) is 3.09. The second-order valence-corrected chi connectivity index (χ2v) is 5.38. The van der Waals surface area contributed by atoms with Gasteiger partial charge in [-0.1, -0.05) is 18.2 Å². The predicted octanol–water partition coefficient (Wildman–Crippen LogP) is 2.89. The zero-order valence-corrected chi connectivity index (χ0v) is 11.4. The van der Waals surface area contributed by atoms with Gasteiger partial charge < -0.3 is 10.6 Å². The van der Waals surface area contributed by atoms with Gasteiger partial charge in [0.15, 0.2) is 0 Å². The van der Waals surface area contributed by atoms with Crippen molar-refractivity contribution in [2.75, 3.05) is 18.5 Å². The van der Waals surface area contributed by atoms with Gasteiger partial charge in [-0.3, -0.25) is 4.79 Å². The minimum absolute atomic E-state index is 0.136. The molecule has 2 N–H and O–H groups in total. The molecule has 0 heterocycles. The number of hydrogen-bond acceptors (Lipinski definition) is 3. The number of allylic oxidation sites excluding steroid dienone is 2. The number of thioether (sulfide) groups is 1. The Kier molecular flexibility index (Phi) is 4.31. The van der Waals surface area contributed by atoms with E-state index < -0.39 is 0 Å². The van der Waals surface area contributed by atoms with Crippen molar-refractivity contribution in [1.82, 2.24) is 4.90 Å². The van der Waals surface area contributed by atoms with Crippen molar-refractivity contribution < 1.29 is 4.79 Å². The number of nitrogens with zero attached hydrogens (tertiary/aromatic N) is 1. The molecule has 0 saturated carbocycles. The topological polar surface area (TPSA) is 46.3 Å². The van der Waals surface area contributed by atoms with Crippen molar-refractivity contribution in [3.8, 4) is 0 Å². The molecule has 0 radical (unpaired) electrons. The minimum atomic E-state index is 0.136. The number of para-hydroxylation sites is 1. The van der Waals surface area contributed by atoms with Crippen molar-refractivity contribution in [1.29, 1.82) is 0 Å². The van der Waals surface area contributed by atoms with E-state index in [9.17, 15) is 4.79 Å². The molecule has 1 aliphatic rings. The molecule has 1 aromatic rings. The van der Waals surface area contributed by atoms with Gasteiger partial charge in [0.25, 0.3) is 0 Å². The van der Waals surface area contributed by atoms with Gasteiger partial charge in [0, 0.05) is 23.3 Å². The van der Waals surface area contributed by atoms with Gasteiger partial charge in [0.2, 0.25) is 5.91 Å². The SMILES string of the molecule is CN(C(=O)CSc1ccccc1N)C1=CCCC1. The molecule has 0 bridgehead atoms. The van der Waals surface area contributed by atoms with Crippen LogP contribution in [0.2, 0.25) is 0 Å². The lowest BCUT2D eigenvalue weighted by atomic mass is 10.3. The highest BCUT2D eigenvalue weighted by atomic mass is 32.2. The number of rotatable bonds is 4. The molecule has 0 fully saturated rings. The molecular weight excluding hydrogens is 244 g/mol. The smallest absolute Gasteiger partial charge is 0.236 e. The summed E-state index contributed by atoms with van der Waals surface area (Å²) in [5.41, 5.74) is 7.74. The Bertz CT molecular complexity index is 471. The maximum atomic E-state index is 12.0. The van der Waals surface area contributed by atoms with Gasteiger partial charge in [-0.15, -0.1) is 11.8 Å². The van der Waals surface area contributed by atoms with Gasteiger partial charge >= 0.3 is 0 Å². The van der Waals surface area contributed by atoms with E-state index in [-0.39, 0.29) is 5.91 Å². The van der Waals surface area contributed by atoms with Crippen molar-refractivity contribution >= 4 is 23.4 Å². The van der Waals surface area contributed by atoms with E-state index in [0.717, 1.165) is 35.5 Å². The molecule has 1 aliphatic carbocycles. The van der Waals surface area contributed by atoms with E-state index in [1.165, 1.54) is 11.8 Å². The molecule has 4 heteroatoms. The van der Waals surface area contributed by atoms with Gasteiger partial charge in [-0.05, 0) is 31.4 Å². The van der Waals surface area contributed by atoms with E-state index in [4.69, 9.17) is 5.73 Å². The first-order valence-corrected chi connectivity index (χ1v) is 7.10. The Balaban J connectivity index is 1.90. The van der Waals surface area contributed by atoms with Crippen molar-refractivity contribution in [3.63, 3.8) is 0 Å². The largest absolute Gasteiger partial charge is 0.398 e. The Morgan fingerprint density at radius 3 is 2.89 bits per heavy atom. The van der Waals surface area contributed by atoms with Crippen LogP contribution in [0.4, 0.5) is 5.69 Å². The molecule has 1 aromatic carbocycles. The Morgan fingerprint density at radius 1 is 1.44 bits per heavy atom. The molecular formula is C14H18N2OS. The van der Waals surface area contributed by atoms with Crippen molar-refractivity contribution in [2.45, 2.75) is 24.2 Å². The first-order valence-electron chi connectivity index (χ1n) is 6.11. The lowest BCUT2D eigenvalue weighted by Gasteiger charge is -2.18. The number of benzene rings is 1. The van der Waals surface area contributed by atoms with Crippen molar-refractivity contribution in [3.05, 3.63) is 36.0 Å². The highest BCUT2D eigenvalue weighted by Crippen LogP contribution is 2.26. The van der Waals surface area contributed by atoms with Gasteiger partial charge in [0.05, 0.1) is 5.75 Å². The van der Waals surface area contributed by atoms with Gasteiger partial charge in [0.1, 0.15) is 0 Å². The van der Waals surface area contributed by atoms with Gasteiger partial charge in [-0.2, -0.15) is 0 Å². The Morgan fingerprint density at radius 2 is 2.22 bits per heavy atom. The standard InChI is InChI=1S/C14H18N2OS/c1-16(11-6-2-3-7-11)14(17)10-18-13-9-5-4-8-12(13)15/h4-6,8-9H,2-3,7,10,15H2,1H3. The van der Waals surface area contributed by atoms with Crippen LogP contribution in [0.3, 0.4) is 0 Å². The summed E-state index contributed by atoms with van der Waals surface area (Å²) in [4.78, 5) is 14.8. The second-order valence-electron chi connectivity index (χ2n) is 4.37. The normalized spacial score (nSPS) is 14.4. The monoisotopic (exact) mass is 262 g/mol. The average Bonchev–Trinajstić information content (AvgIpc) is 2.90. The van der Waals surface area contributed by atoms with Crippen LogP contribution in [0.5, 0.6) is 0 Å². The summed E-state index contributed by atoms with van der Waals surface area (Å²) < 4.78 is 0. The summed E-state index contributed by atoms with van der Waals surface area (Å²) in [6.45, 7) is 0. The number of carbonyl (C=O) groups excluding carboxylic acids is 1. The summed E-state index contributed by atoms with van der Waals surface area (Å²) in [6, 6.07) is 7.64. The molecule has 2 rings (SSSR count). The summed E-state index contributed by atoms with van der Waals surface area (Å²) >= 11 is 1.50. The number of nitrogens with two attached hydrogens (primary N) is 1. The Hall–Kier alpha value is -1.42. The Labute approximate surface area is 112 Å². The summed E-state index contributed by atoms with van der Waals surface area (Å²) in [7, 11) is 1.86. The maximum Gasteiger partial charge on any atom is 0.236 e. The van der Waals surface area contributed by atoms with E-state index in [1.54, 1.807) is 4.90 Å². The third kappa shape index (κ3) is 3.07. The van der Waals surface area contributed by atoms with E-state index in [1.807, 2.05) is 31.3 Å². The fraction of sp³-hybridized carbons (Fsp3) is 0.357. The van der Waals surface area contributed by atoms with Crippen LogP contribution in [-0.4, -0.2) is 23.6 Å². The van der Waals surface area contributed by atoms with Crippen LogP contribution >= 0.6 is 11.8 Å². The van der Waals surface area contributed by atoms with Gasteiger partial charge in [-0.25, -0.2) is 0 Å². The summed E-state index contributed by atoms with van der Waals surface area (Å²) in [5.74, 6) is 0.568. The second kappa shape index (κ2) is 5.96. The highest BCUT2D eigenvalue weighted by molar-refractivity contribution is 8.00. The number of anilines is 1. The van der Waals surface area contributed by atoms with Crippen molar-refractivity contribution in [2.24, 2.45) is 0 Å². The number of carbonyl (C=O) groups is 1. The zero-order valence-electron chi connectivity index (χ0n) is 10.6. The minimum Gasteiger partial charge on any atom is -0.398 e. The molecule has 0 atom stereocenters. The fourth-order valence-electron chi connectivity index (χ4n) is 1.97. The molecule has 18 heavy (non-hydrogen) atoms. The van der Waals surface area contributed by atoms with Crippen LogP contribution < -0.4 is 5.73 Å². The molecule has 96 valence electrons. The van der Waals surface area contributed by atoms with Crippen LogP contribution in [0, 0.1) is 0 Å². The summed E-state index contributed by atoms with van der Waals surface area (Å²) in [5, 5.41) is 0. The molecule has 0 aromatic heterocycles. The maximum absolute atomic E-state index is 12.0. The molecule has 1 amide bonds. The first kappa shape index (κ1) is 13.0. The highest BCUT2D eigenvalue weighted by Gasteiger charge is 2.16. The van der Waals surface area contributed by atoms with Crippen LogP contribution in [0.15, 0.2) is 40.9 Å². The molecule has 0 spiro atoms.